The number of esters is 1. The lowest BCUT2D eigenvalue weighted by Crippen LogP contribution is -2.26. The number of hydrogen-bond donors (Lipinski definition) is 1. The molecule has 1 aliphatic heterocycles. The van der Waals surface area contributed by atoms with Crippen LogP contribution in [-0.4, -0.2) is 30.6 Å². The number of aliphatic hydroxyl groups excluding tert-OH is 1. The molecule has 5 nitrogen and oxygen atoms in total. The van der Waals surface area contributed by atoms with Crippen LogP contribution >= 0.6 is 0 Å². The van der Waals surface area contributed by atoms with E-state index >= 15 is 0 Å². The minimum absolute atomic E-state index is 0.0431. The maximum Gasteiger partial charge on any atom is 0.339 e. The number of methoxy groups -OCH3 is 1. The molecule has 0 bridgehead atoms. The molecule has 0 spiro atoms. The molecule has 0 radical (unpaired) electrons. The molecular weight excluding hydrogens is 234 g/mol. The first-order chi connectivity index (χ1) is 8.54. The van der Waals surface area contributed by atoms with E-state index < -0.39 is 12.1 Å². The van der Waals surface area contributed by atoms with E-state index in [-0.39, 0.29) is 5.91 Å². The van der Waals surface area contributed by atoms with Gasteiger partial charge in [-0.1, -0.05) is 12.1 Å². The van der Waals surface area contributed by atoms with E-state index in [2.05, 4.69) is 4.74 Å². The Morgan fingerprint density at radius 3 is 2.78 bits per heavy atom. The van der Waals surface area contributed by atoms with Crippen molar-refractivity contribution in [1.29, 1.82) is 0 Å². The number of ether oxygens (including phenoxy) is 1. The summed E-state index contributed by atoms with van der Waals surface area (Å²) in [6.45, 7) is 2.14. The maximum atomic E-state index is 11.5. The van der Waals surface area contributed by atoms with Gasteiger partial charge in [0, 0.05) is 19.2 Å². The maximum absolute atomic E-state index is 11.5. The van der Waals surface area contributed by atoms with Crippen LogP contribution in [0, 0.1) is 0 Å². The van der Waals surface area contributed by atoms with Crippen LogP contribution in [0.5, 0.6) is 0 Å². The molecule has 0 saturated carbocycles. The fourth-order valence-electron chi connectivity index (χ4n) is 2.14. The van der Waals surface area contributed by atoms with Gasteiger partial charge in [0.25, 0.3) is 0 Å². The highest BCUT2D eigenvalue weighted by Crippen LogP contribution is 2.31. The Labute approximate surface area is 105 Å². The normalized spacial score (nSPS) is 15.2. The second kappa shape index (κ2) is 4.78. The number of anilines is 1. The van der Waals surface area contributed by atoms with Gasteiger partial charge in [0.05, 0.1) is 7.11 Å². The first-order valence-electron chi connectivity index (χ1n) is 5.71. The van der Waals surface area contributed by atoms with Gasteiger partial charge in [0.1, 0.15) is 0 Å². The molecule has 18 heavy (non-hydrogen) atoms. The number of carbonyl (C=O) groups excluding carboxylic acids is 2. The van der Waals surface area contributed by atoms with Gasteiger partial charge in [0.2, 0.25) is 5.91 Å². The summed E-state index contributed by atoms with van der Waals surface area (Å²) in [4.78, 5) is 24.4. The molecule has 1 unspecified atom stereocenters. The largest absolute Gasteiger partial charge is 0.467 e. The third-order valence-electron chi connectivity index (χ3n) is 3.13. The summed E-state index contributed by atoms with van der Waals surface area (Å²) in [5.74, 6) is -0.749. The first-order valence-corrected chi connectivity index (χ1v) is 5.71. The minimum atomic E-state index is -1.31. The summed E-state index contributed by atoms with van der Waals surface area (Å²) < 4.78 is 4.49. The van der Waals surface area contributed by atoms with Gasteiger partial charge in [-0.2, -0.15) is 0 Å². The molecule has 1 aromatic rings. The van der Waals surface area contributed by atoms with Crippen LogP contribution in [0.2, 0.25) is 0 Å². The van der Waals surface area contributed by atoms with Gasteiger partial charge >= 0.3 is 5.97 Å². The number of fused-ring (bicyclic) bond motifs is 1. The average Bonchev–Trinajstić information content (AvgIpc) is 2.79. The van der Waals surface area contributed by atoms with Gasteiger partial charge in [0.15, 0.2) is 6.10 Å². The molecule has 0 fully saturated rings. The van der Waals surface area contributed by atoms with Crippen molar-refractivity contribution in [1.82, 2.24) is 0 Å². The molecule has 0 aliphatic carbocycles. The zero-order valence-corrected chi connectivity index (χ0v) is 10.3. The van der Waals surface area contributed by atoms with Crippen molar-refractivity contribution < 1.29 is 19.4 Å². The molecule has 1 aromatic carbocycles. The summed E-state index contributed by atoms with van der Waals surface area (Å²) in [7, 11) is 1.22. The number of hydrogen-bond acceptors (Lipinski definition) is 4. The molecule has 0 saturated heterocycles. The Hall–Kier alpha value is -1.88. The molecule has 1 aliphatic rings. The summed E-state index contributed by atoms with van der Waals surface area (Å²) in [5.41, 5.74) is 2.25. The Kier molecular flexibility index (Phi) is 3.34. The standard InChI is InChI=1S/C13H15NO4/c1-8(15)14-6-5-9-3-4-10(7-11(9)14)12(16)13(17)18-2/h3-4,7,12,16H,5-6H2,1-2H3. The SMILES string of the molecule is COC(=O)C(O)c1ccc2c(c1)N(C(C)=O)CC2. The highest BCUT2D eigenvalue weighted by Gasteiger charge is 2.25. The summed E-state index contributed by atoms with van der Waals surface area (Å²) >= 11 is 0. The number of amides is 1. The van der Waals surface area contributed by atoms with E-state index in [9.17, 15) is 14.7 Å². The predicted molar refractivity (Wildman–Crippen MR) is 65.1 cm³/mol. The zero-order valence-electron chi connectivity index (χ0n) is 10.3. The smallest absolute Gasteiger partial charge is 0.339 e. The topological polar surface area (TPSA) is 66.8 Å². The van der Waals surface area contributed by atoms with Crippen LogP contribution in [0.15, 0.2) is 18.2 Å². The van der Waals surface area contributed by atoms with E-state index in [0.29, 0.717) is 12.1 Å². The Bertz CT molecular complexity index is 498. The minimum Gasteiger partial charge on any atom is -0.467 e. The van der Waals surface area contributed by atoms with Gasteiger partial charge < -0.3 is 14.7 Å². The van der Waals surface area contributed by atoms with E-state index in [4.69, 9.17) is 0 Å². The van der Waals surface area contributed by atoms with E-state index in [1.807, 2.05) is 6.07 Å². The quantitative estimate of drug-likeness (QED) is 0.787. The zero-order chi connectivity index (χ0) is 13.3. The monoisotopic (exact) mass is 249 g/mol. The fraction of sp³-hybridized carbons (Fsp3) is 0.385. The number of aliphatic hydroxyl groups is 1. The molecule has 1 N–H and O–H groups in total. The first kappa shape index (κ1) is 12.6. The van der Waals surface area contributed by atoms with Crippen LogP contribution < -0.4 is 4.90 Å². The van der Waals surface area contributed by atoms with Crippen molar-refractivity contribution in [2.45, 2.75) is 19.4 Å². The summed E-state index contributed by atoms with van der Waals surface area (Å²) in [6, 6.07) is 5.19. The summed E-state index contributed by atoms with van der Waals surface area (Å²) in [5, 5.41) is 9.77. The Balaban J connectivity index is 2.35. The van der Waals surface area contributed by atoms with Crippen LogP contribution in [0.1, 0.15) is 24.2 Å². The van der Waals surface area contributed by atoms with Gasteiger partial charge in [-0.15, -0.1) is 0 Å². The predicted octanol–water partition coefficient (Wildman–Crippen LogP) is 0.802. The Morgan fingerprint density at radius 1 is 1.44 bits per heavy atom. The second-order valence-corrected chi connectivity index (χ2v) is 4.23. The third kappa shape index (κ3) is 2.09. The lowest BCUT2D eigenvalue weighted by atomic mass is 10.0. The highest BCUT2D eigenvalue weighted by atomic mass is 16.5. The number of carbonyl (C=O) groups is 2. The number of benzene rings is 1. The van der Waals surface area contributed by atoms with Crippen molar-refractivity contribution in [3.8, 4) is 0 Å². The fourth-order valence-corrected chi connectivity index (χ4v) is 2.14. The molecule has 5 heteroatoms. The van der Waals surface area contributed by atoms with E-state index in [1.54, 1.807) is 17.0 Å². The van der Waals surface area contributed by atoms with Crippen molar-refractivity contribution in [3.05, 3.63) is 29.3 Å². The molecule has 2 rings (SSSR count). The van der Waals surface area contributed by atoms with E-state index in [0.717, 1.165) is 17.7 Å². The van der Waals surface area contributed by atoms with Crippen molar-refractivity contribution in [2.75, 3.05) is 18.6 Å². The lowest BCUT2D eigenvalue weighted by Gasteiger charge is -2.16. The van der Waals surface area contributed by atoms with Gasteiger partial charge in [-0.25, -0.2) is 4.79 Å². The van der Waals surface area contributed by atoms with Crippen LogP contribution in [0.3, 0.4) is 0 Å². The van der Waals surface area contributed by atoms with Crippen LogP contribution in [-0.2, 0) is 20.7 Å². The van der Waals surface area contributed by atoms with Gasteiger partial charge in [-0.3, -0.25) is 4.79 Å². The molecule has 1 heterocycles. The van der Waals surface area contributed by atoms with E-state index in [1.165, 1.54) is 14.0 Å². The van der Waals surface area contributed by atoms with Crippen LogP contribution in [0.25, 0.3) is 0 Å². The molecule has 0 aromatic heterocycles. The number of nitrogens with zero attached hydrogens (tertiary/aromatic N) is 1. The second-order valence-electron chi connectivity index (χ2n) is 4.23. The third-order valence-corrected chi connectivity index (χ3v) is 3.13. The highest BCUT2D eigenvalue weighted by molar-refractivity contribution is 5.94. The van der Waals surface area contributed by atoms with Crippen molar-refractivity contribution >= 4 is 17.6 Å². The lowest BCUT2D eigenvalue weighted by molar-refractivity contribution is -0.150. The molecule has 96 valence electrons. The van der Waals surface area contributed by atoms with Crippen LogP contribution in [0.4, 0.5) is 5.69 Å². The van der Waals surface area contributed by atoms with Gasteiger partial charge in [-0.05, 0) is 23.6 Å². The van der Waals surface area contributed by atoms with Crippen molar-refractivity contribution in [2.24, 2.45) is 0 Å². The molecule has 1 amide bonds. The molecule has 1 atom stereocenters. The summed E-state index contributed by atoms with van der Waals surface area (Å²) in [6.07, 6.45) is -0.515. The molecular formula is C13H15NO4. The van der Waals surface area contributed by atoms with Crippen molar-refractivity contribution in [3.63, 3.8) is 0 Å². The number of rotatable bonds is 2. The average molecular weight is 249 g/mol. The Morgan fingerprint density at radius 2 is 2.17 bits per heavy atom.